The fourth-order valence-corrected chi connectivity index (χ4v) is 3.16. The van der Waals surface area contributed by atoms with Crippen molar-refractivity contribution in [2.75, 3.05) is 12.3 Å². The Labute approximate surface area is 84.8 Å². The fourth-order valence-electron chi connectivity index (χ4n) is 1.39. The minimum Gasteiger partial charge on any atom is -0.347 e. The third-order valence-corrected chi connectivity index (χ3v) is 4.49. The Kier molecular flexibility index (Phi) is 3.27. The van der Waals surface area contributed by atoms with Crippen molar-refractivity contribution in [1.29, 1.82) is 0 Å². The molecule has 1 rings (SSSR count). The highest BCUT2D eigenvalue weighted by molar-refractivity contribution is 7.92. The van der Waals surface area contributed by atoms with E-state index in [1.54, 1.807) is 5.32 Å². The van der Waals surface area contributed by atoms with E-state index >= 15 is 0 Å². The van der Waals surface area contributed by atoms with Gasteiger partial charge in [-0.15, -0.1) is 0 Å². The van der Waals surface area contributed by atoms with Crippen LogP contribution in [0, 0.1) is 0 Å². The summed E-state index contributed by atoms with van der Waals surface area (Å²) in [4.78, 5) is 10.4. The second-order valence-electron chi connectivity index (χ2n) is 3.34. The number of carbonyl (C=O) groups is 1. The van der Waals surface area contributed by atoms with E-state index in [2.05, 4.69) is 0 Å². The van der Waals surface area contributed by atoms with Gasteiger partial charge >= 0.3 is 12.1 Å². The van der Waals surface area contributed by atoms with Crippen molar-refractivity contribution >= 4 is 15.7 Å². The number of sulfone groups is 1. The highest BCUT2D eigenvalue weighted by Crippen LogP contribution is 2.20. The zero-order valence-corrected chi connectivity index (χ0v) is 8.49. The molecule has 0 aromatic heterocycles. The van der Waals surface area contributed by atoms with Gasteiger partial charge < -0.3 is 5.32 Å². The van der Waals surface area contributed by atoms with Gasteiger partial charge in [-0.05, 0) is 12.8 Å². The molecule has 1 aliphatic heterocycles. The lowest BCUT2D eigenvalue weighted by Crippen LogP contribution is -2.41. The molecule has 1 unspecified atom stereocenters. The van der Waals surface area contributed by atoms with Crippen LogP contribution in [0.5, 0.6) is 0 Å². The minimum atomic E-state index is -4.96. The van der Waals surface area contributed by atoms with Gasteiger partial charge in [-0.25, -0.2) is 8.42 Å². The summed E-state index contributed by atoms with van der Waals surface area (Å²) >= 11 is 0. The average Bonchev–Trinajstić information content (AvgIpc) is 2.39. The van der Waals surface area contributed by atoms with E-state index in [-0.39, 0.29) is 5.75 Å². The maximum Gasteiger partial charge on any atom is 0.471 e. The average molecular weight is 245 g/mol. The van der Waals surface area contributed by atoms with E-state index in [4.69, 9.17) is 0 Å². The summed E-state index contributed by atoms with van der Waals surface area (Å²) < 4.78 is 57.6. The molecule has 0 aromatic carbocycles. The molecule has 1 atom stereocenters. The van der Waals surface area contributed by atoms with Crippen LogP contribution in [-0.4, -0.2) is 38.0 Å². The van der Waals surface area contributed by atoms with Gasteiger partial charge in [0.2, 0.25) is 0 Å². The molecular weight excluding hydrogens is 235 g/mol. The summed E-state index contributed by atoms with van der Waals surface area (Å²) in [6.45, 7) is -0.458. The SMILES string of the molecule is O=C(NCC1CCCS1(=O)=O)C(F)(F)F. The lowest BCUT2D eigenvalue weighted by molar-refractivity contribution is -0.173. The Morgan fingerprint density at radius 1 is 1.40 bits per heavy atom. The number of hydrogen-bond donors (Lipinski definition) is 1. The third kappa shape index (κ3) is 3.08. The molecular formula is C7H10F3NO3S. The molecule has 1 amide bonds. The van der Waals surface area contributed by atoms with Crippen LogP contribution in [0.3, 0.4) is 0 Å². The van der Waals surface area contributed by atoms with Crippen LogP contribution in [-0.2, 0) is 14.6 Å². The molecule has 0 aliphatic carbocycles. The first kappa shape index (κ1) is 12.3. The highest BCUT2D eigenvalue weighted by atomic mass is 32.2. The summed E-state index contributed by atoms with van der Waals surface area (Å²) in [6, 6.07) is 0. The predicted molar refractivity (Wildman–Crippen MR) is 45.9 cm³/mol. The Morgan fingerprint density at radius 3 is 2.40 bits per heavy atom. The maximum absolute atomic E-state index is 11.8. The van der Waals surface area contributed by atoms with Crippen LogP contribution in [0.4, 0.5) is 13.2 Å². The van der Waals surface area contributed by atoms with Crippen molar-refractivity contribution in [3.05, 3.63) is 0 Å². The van der Waals surface area contributed by atoms with E-state index < -0.39 is 33.7 Å². The van der Waals surface area contributed by atoms with Crippen molar-refractivity contribution in [2.24, 2.45) is 0 Å². The van der Waals surface area contributed by atoms with Crippen molar-refractivity contribution in [3.63, 3.8) is 0 Å². The fraction of sp³-hybridized carbons (Fsp3) is 0.857. The molecule has 0 bridgehead atoms. The topological polar surface area (TPSA) is 63.2 Å². The third-order valence-electron chi connectivity index (χ3n) is 2.21. The van der Waals surface area contributed by atoms with E-state index in [1.807, 2.05) is 0 Å². The number of halogens is 3. The summed E-state index contributed by atoms with van der Waals surface area (Å²) in [7, 11) is -3.31. The molecule has 4 nitrogen and oxygen atoms in total. The van der Waals surface area contributed by atoms with Crippen LogP contribution in [0.15, 0.2) is 0 Å². The molecule has 1 heterocycles. The van der Waals surface area contributed by atoms with E-state index in [0.717, 1.165) is 0 Å². The molecule has 1 N–H and O–H groups in total. The van der Waals surface area contributed by atoms with Gasteiger partial charge in [0.25, 0.3) is 0 Å². The molecule has 15 heavy (non-hydrogen) atoms. The molecule has 0 radical (unpaired) electrons. The normalized spacial score (nSPS) is 25.1. The zero-order valence-electron chi connectivity index (χ0n) is 7.67. The van der Waals surface area contributed by atoms with Crippen LogP contribution < -0.4 is 5.32 Å². The Morgan fingerprint density at radius 2 is 2.00 bits per heavy atom. The van der Waals surface area contributed by atoms with E-state index in [1.165, 1.54) is 0 Å². The van der Waals surface area contributed by atoms with Gasteiger partial charge in [0.1, 0.15) is 0 Å². The molecule has 1 aliphatic rings. The van der Waals surface area contributed by atoms with Crippen molar-refractivity contribution in [3.8, 4) is 0 Å². The number of alkyl halides is 3. The number of carbonyl (C=O) groups excluding carboxylic acids is 1. The number of rotatable bonds is 2. The van der Waals surface area contributed by atoms with Gasteiger partial charge in [-0.1, -0.05) is 0 Å². The van der Waals surface area contributed by atoms with Crippen molar-refractivity contribution in [2.45, 2.75) is 24.3 Å². The summed E-state index contributed by atoms with van der Waals surface area (Å²) in [5.74, 6) is -2.11. The molecule has 8 heteroatoms. The van der Waals surface area contributed by atoms with Gasteiger partial charge in [-0.2, -0.15) is 13.2 Å². The first-order chi connectivity index (χ1) is 6.73. The number of amides is 1. The van der Waals surface area contributed by atoms with E-state index in [0.29, 0.717) is 12.8 Å². The first-order valence-electron chi connectivity index (χ1n) is 4.30. The minimum absolute atomic E-state index is 0.0143. The number of nitrogens with one attached hydrogen (secondary N) is 1. The largest absolute Gasteiger partial charge is 0.471 e. The highest BCUT2D eigenvalue weighted by Gasteiger charge is 2.40. The summed E-state index contributed by atoms with van der Waals surface area (Å²) in [5.41, 5.74) is 0. The van der Waals surface area contributed by atoms with Gasteiger partial charge in [0.05, 0.1) is 11.0 Å². The summed E-state index contributed by atoms with van der Waals surface area (Å²) in [5, 5.41) is 0.706. The molecule has 88 valence electrons. The van der Waals surface area contributed by atoms with Gasteiger partial charge in [-0.3, -0.25) is 4.79 Å². The molecule has 0 spiro atoms. The van der Waals surface area contributed by atoms with Crippen molar-refractivity contribution in [1.82, 2.24) is 5.32 Å². The van der Waals surface area contributed by atoms with Gasteiger partial charge in [0, 0.05) is 6.54 Å². The van der Waals surface area contributed by atoms with Crippen LogP contribution >= 0.6 is 0 Å². The second kappa shape index (κ2) is 3.99. The van der Waals surface area contributed by atoms with Crippen LogP contribution in [0.1, 0.15) is 12.8 Å². The lowest BCUT2D eigenvalue weighted by atomic mass is 10.2. The standard InChI is InChI=1S/C7H10F3NO3S/c8-7(9,10)6(12)11-4-5-2-1-3-15(5,13)14/h5H,1-4H2,(H,11,12). The number of hydrogen-bond acceptors (Lipinski definition) is 3. The Balaban J connectivity index is 2.48. The summed E-state index contributed by atoms with van der Waals surface area (Å²) in [6.07, 6.45) is -4.21. The first-order valence-corrected chi connectivity index (χ1v) is 6.01. The quantitative estimate of drug-likeness (QED) is 0.758. The monoisotopic (exact) mass is 245 g/mol. The van der Waals surface area contributed by atoms with Crippen LogP contribution in [0.25, 0.3) is 0 Å². The molecule has 0 saturated carbocycles. The maximum atomic E-state index is 11.8. The molecule has 1 saturated heterocycles. The molecule has 0 aromatic rings. The van der Waals surface area contributed by atoms with E-state index in [9.17, 15) is 26.4 Å². The Bertz CT molecular complexity index is 349. The van der Waals surface area contributed by atoms with Crippen LogP contribution in [0.2, 0.25) is 0 Å². The smallest absolute Gasteiger partial charge is 0.347 e. The predicted octanol–water partition coefficient (Wildman–Crippen LogP) is 0.242. The van der Waals surface area contributed by atoms with Gasteiger partial charge in [0.15, 0.2) is 9.84 Å². The van der Waals surface area contributed by atoms with Crippen molar-refractivity contribution < 1.29 is 26.4 Å². The molecule has 1 fully saturated rings. The Hall–Kier alpha value is -0.790. The lowest BCUT2D eigenvalue weighted by Gasteiger charge is -2.11. The zero-order chi connectivity index (χ0) is 11.7. The second-order valence-corrected chi connectivity index (χ2v) is 5.74.